The summed E-state index contributed by atoms with van der Waals surface area (Å²) in [5.74, 6) is 1.37. The highest BCUT2D eigenvalue weighted by molar-refractivity contribution is 6.30. The summed E-state index contributed by atoms with van der Waals surface area (Å²) in [6, 6.07) is 21.8. The molecule has 0 saturated carbocycles. The molecule has 4 aromatic rings. The van der Waals surface area contributed by atoms with E-state index in [0.29, 0.717) is 39.4 Å². The van der Waals surface area contributed by atoms with Crippen LogP contribution in [-0.4, -0.2) is 23.3 Å². The van der Waals surface area contributed by atoms with E-state index in [1.165, 1.54) is 0 Å². The Balaban J connectivity index is 1.66. The van der Waals surface area contributed by atoms with Crippen molar-refractivity contribution < 1.29 is 14.1 Å². The molecule has 1 N–H and O–H groups in total. The molecule has 0 saturated heterocycles. The largest absolute Gasteiger partial charge is 0.497 e. The number of rotatable bonds is 5. The van der Waals surface area contributed by atoms with Crippen molar-refractivity contribution in [1.29, 1.82) is 0 Å². The van der Waals surface area contributed by atoms with E-state index in [0.717, 1.165) is 16.7 Å². The highest BCUT2D eigenvalue weighted by Crippen LogP contribution is 2.39. The number of carbonyl (C=O) groups is 1. The predicted octanol–water partition coefficient (Wildman–Crippen LogP) is 6.41. The third-order valence-corrected chi connectivity index (χ3v) is 6.18. The smallest absolute Gasteiger partial charge is 0.327 e. The van der Waals surface area contributed by atoms with Gasteiger partial charge in [0.2, 0.25) is 5.82 Å². The summed E-state index contributed by atoms with van der Waals surface area (Å²) >= 11 is 6.16. The molecule has 0 bridgehead atoms. The monoisotopic (exact) mass is 486 g/mol. The summed E-state index contributed by atoms with van der Waals surface area (Å²) < 4.78 is 11.1. The molecular formula is C27H23ClN4O3. The third kappa shape index (κ3) is 4.38. The Morgan fingerprint density at radius 2 is 1.80 bits per heavy atom. The Morgan fingerprint density at radius 3 is 2.54 bits per heavy atom. The van der Waals surface area contributed by atoms with Crippen LogP contribution in [0.3, 0.4) is 0 Å². The number of benzene rings is 3. The van der Waals surface area contributed by atoms with E-state index < -0.39 is 6.04 Å². The fraction of sp³-hybridized carbons (Fsp3) is 0.148. The van der Waals surface area contributed by atoms with E-state index in [1.807, 2.05) is 68.4 Å². The number of methoxy groups -OCH3 is 1. The van der Waals surface area contributed by atoms with Gasteiger partial charge in [-0.25, -0.2) is 4.79 Å². The fourth-order valence-corrected chi connectivity index (χ4v) is 4.36. The lowest BCUT2D eigenvalue weighted by molar-refractivity contribution is 0.244. The minimum atomic E-state index is -0.474. The van der Waals surface area contributed by atoms with Gasteiger partial charge >= 0.3 is 6.03 Å². The molecule has 3 aromatic carbocycles. The molecule has 0 aliphatic carbocycles. The van der Waals surface area contributed by atoms with Crippen LogP contribution in [0.2, 0.25) is 5.02 Å². The highest BCUT2D eigenvalue weighted by Gasteiger charge is 2.36. The van der Waals surface area contributed by atoms with Gasteiger partial charge in [-0.3, -0.25) is 4.90 Å². The highest BCUT2D eigenvalue weighted by atomic mass is 35.5. The maximum atomic E-state index is 13.4. The van der Waals surface area contributed by atoms with Crippen LogP contribution in [0.4, 0.5) is 10.5 Å². The predicted molar refractivity (Wildman–Crippen MR) is 135 cm³/mol. The Kier molecular flexibility index (Phi) is 6.01. The zero-order chi connectivity index (χ0) is 24.5. The number of hydrogen-bond donors (Lipinski definition) is 1. The average Bonchev–Trinajstić information content (AvgIpc) is 3.34. The SMILES string of the molecule is COc1cccc(N2C(=O)NC(c3ccc(C)cc3)C(c3nc(-c4cccc(Cl)c4)no3)=C2C)c1. The number of amides is 2. The molecule has 0 spiro atoms. The van der Waals surface area contributed by atoms with Gasteiger partial charge in [0.15, 0.2) is 0 Å². The number of nitrogens with one attached hydrogen (secondary N) is 1. The van der Waals surface area contributed by atoms with Gasteiger partial charge in [0.1, 0.15) is 5.75 Å². The number of carbonyl (C=O) groups excluding carboxylic acids is 1. The van der Waals surface area contributed by atoms with Gasteiger partial charge in [-0.2, -0.15) is 4.98 Å². The number of urea groups is 1. The molecule has 176 valence electrons. The summed E-state index contributed by atoms with van der Waals surface area (Å²) in [6.07, 6.45) is 0. The van der Waals surface area contributed by atoms with Crippen LogP contribution in [0.15, 0.2) is 83.0 Å². The molecule has 7 nitrogen and oxygen atoms in total. The van der Waals surface area contributed by atoms with Crippen LogP contribution in [0.25, 0.3) is 17.0 Å². The quantitative estimate of drug-likeness (QED) is 0.352. The Morgan fingerprint density at radius 1 is 1.03 bits per heavy atom. The lowest BCUT2D eigenvalue weighted by atomic mass is 9.94. The van der Waals surface area contributed by atoms with E-state index in [9.17, 15) is 4.79 Å². The molecule has 1 aliphatic heterocycles. The molecular weight excluding hydrogens is 464 g/mol. The van der Waals surface area contributed by atoms with Gasteiger partial charge in [-0.05, 0) is 43.7 Å². The third-order valence-electron chi connectivity index (χ3n) is 5.95. The minimum Gasteiger partial charge on any atom is -0.497 e. The number of allylic oxidation sites excluding steroid dienone is 1. The van der Waals surface area contributed by atoms with Gasteiger partial charge in [-0.1, -0.05) is 64.8 Å². The van der Waals surface area contributed by atoms with Gasteiger partial charge in [0.05, 0.1) is 24.4 Å². The zero-order valence-electron chi connectivity index (χ0n) is 19.4. The lowest BCUT2D eigenvalue weighted by Crippen LogP contribution is -2.46. The molecule has 2 amide bonds. The van der Waals surface area contributed by atoms with Crippen molar-refractivity contribution in [1.82, 2.24) is 15.5 Å². The fourth-order valence-electron chi connectivity index (χ4n) is 4.17. The second-order valence-corrected chi connectivity index (χ2v) is 8.70. The first-order valence-corrected chi connectivity index (χ1v) is 11.4. The molecule has 2 heterocycles. The van der Waals surface area contributed by atoms with Crippen LogP contribution < -0.4 is 15.0 Å². The molecule has 5 rings (SSSR count). The summed E-state index contributed by atoms with van der Waals surface area (Å²) in [5, 5.41) is 7.89. The molecule has 35 heavy (non-hydrogen) atoms. The molecule has 1 aromatic heterocycles. The number of aromatic nitrogens is 2. The molecule has 0 radical (unpaired) electrons. The maximum Gasteiger partial charge on any atom is 0.327 e. The number of hydrogen-bond acceptors (Lipinski definition) is 5. The number of nitrogens with zero attached hydrogens (tertiary/aromatic N) is 3. The Bertz CT molecular complexity index is 1430. The Labute approximate surface area is 208 Å². The van der Waals surface area contributed by atoms with E-state index in [4.69, 9.17) is 20.9 Å². The topological polar surface area (TPSA) is 80.5 Å². The molecule has 1 unspecified atom stereocenters. The summed E-state index contributed by atoms with van der Waals surface area (Å²) in [6.45, 7) is 3.89. The lowest BCUT2D eigenvalue weighted by Gasteiger charge is -2.35. The first kappa shape index (κ1) is 22.7. The van der Waals surface area contributed by atoms with Gasteiger partial charge < -0.3 is 14.6 Å². The van der Waals surface area contributed by atoms with Crippen LogP contribution in [0.1, 0.15) is 30.0 Å². The normalized spacial score (nSPS) is 15.8. The summed E-state index contributed by atoms with van der Waals surface area (Å²) in [5.41, 5.74) is 4.81. The zero-order valence-corrected chi connectivity index (χ0v) is 20.2. The maximum absolute atomic E-state index is 13.4. The Hall–Kier alpha value is -4.10. The van der Waals surface area contributed by atoms with Gasteiger partial charge in [-0.15, -0.1) is 0 Å². The number of aryl methyl sites for hydroxylation is 1. The summed E-state index contributed by atoms with van der Waals surface area (Å²) in [7, 11) is 1.59. The molecule has 1 atom stereocenters. The first-order valence-electron chi connectivity index (χ1n) is 11.1. The van der Waals surface area contributed by atoms with Crippen LogP contribution in [0, 0.1) is 6.92 Å². The van der Waals surface area contributed by atoms with E-state index in [1.54, 1.807) is 30.2 Å². The summed E-state index contributed by atoms with van der Waals surface area (Å²) in [4.78, 5) is 19.6. The van der Waals surface area contributed by atoms with Crippen LogP contribution >= 0.6 is 11.6 Å². The standard InChI is InChI=1S/C27H23ClN4O3/c1-16-10-12-18(13-11-16)24-23(26-30-25(31-35-26)19-6-4-7-20(28)14-19)17(2)32(27(33)29-24)21-8-5-9-22(15-21)34-3/h4-15,24H,1-3H3,(H,29,33). The van der Waals surface area contributed by atoms with Crippen molar-refractivity contribution in [3.8, 4) is 17.1 Å². The van der Waals surface area contributed by atoms with E-state index >= 15 is 0 Å². The van der Waals surface area contributed by atoms with Crippen molar-refractivity contribution in [2.45, 2.75) is 19.9 Å². The minimum absolute atomic E-state index is 0.264. The van der Waals surface area contributed by atoms with Gasteiger partial charge in [0.25, 0.3) is 5.89 Å². The number of ether oxygens (including phenoxy) is 1. The van der Waals surface area contributed by atoms with E-state index in [2.05, 4.69) is 15.5 Å². The molecule has 8 heteroatoms. The second kappa shape index (κ2) is 9.27. The van der Waals surface area contributed by atoms with Crippen molar-refractivity contribution in [2.24, 2.45) is 0 Å². The molecule has 0 fully saturated rings. The van der Waals surface area contributed by atoms with Crippen molar-refractivity contribution >= 4 is 28.9 Å². The van der Waals surface area contributed by atoms with Crippen LogP contribution in [-0.2, 0) is 0 Å². The first-order chi connectivity index (χ1) is 16.9. The number of halogens is 1. The molecule has 1 aliphatic rings. The van der Waals surface area contributed by atoms with Crippen LogP contribution in [0.5, 0.6) is 5.75 Å². The van der Waals surface area contributed by atoms with Crippen molar-refractivity contribution in [3.63, 3.8) is 0 Å². The van der Waals surface area contributed by atoms with E-state index in [-0.39, 0.29) is 6.03 Å². The van der Waals surface area contributed by atoms with Crippen molar-refractivity contribution in [3.05, 3.63) is 101 Å². The second-order valence-electron chi connectivity index (χ2n) is 8.26. The van der Waals surface area contributed by atoms with Crippen molar-refractivity contribution in [2.75, 3.05) is 12.0 Å². The van der Waals surface area contributed by atoms with Gasteiger partial charge in [0, 0.05) is 22.3 Å². The number of anilines is 1. The average molecular weight is 487 g/mol.